The van der Waals surface area contributed by atoms with Gasteiger partial charge in [-0.25, -0.2) is 0 Å². The second kappa shape index (κ2) is 7.71. The molecule has 0 saturated heterocycles. The number of nitrogens with zero attached hydrogens (tertiary/aromatic N) is 2. The average molecular weight is 363 g/mol. The Morgan fingerprint density at radius 1 is 0.923 bits per heavy atom. The van der Waals surface area contributed by atoms with Crippen LogP contribution >= 0.6 is 11.6 Å². The lowest BCUT2D eigenvalue weighted by Gasteiger charge is -2.15. The van der Waals surface area contributed by atoms with Gasteiger partial charge in [-0.1, -0.05) is 41.9 Å². The number of hydrogen-bond acceptors (Lipinski definition) is 3. The minimum Gasteiger partial charge on any atom is -0.488 e. The van der Waals surface area contributed by atoms with Crippen molar-refractivity contribution in [1.29, 1.82) is 0 Å². The first-order valence-corrected chi connectivity index (χ1v) is 9.16. The minimum absolute atomic E-state index is 0.531. The van der Waals surface area contributed by atoms with Crippen LogP contribution in [-0.2, 0) is 6.61 Å². The maximum absolute atomic E-state index is 6.30. The largest absolute Gasteiger partial charge is 0.488 e. The third-order valence-electron chi connectivity index (χ3n) is 4.60. The lowest BCUT2D eigenvalue weighted by molar-refractivity contribution is 0.305. The van der Waals surface area contributed by atoms with Gasteiger partial charge in [-0.3, -0.25) is 0 Å². The zero-order valence-corrected chi connectivity index (χ0v) is 15.1. The monoisotopic (exact) mass is 362 g/mol. The van der Waals surface area contributed by atoms with E-state index in [1.54, 1.807) is 6.20 Å². The molecule has 0 N–H and O–H groups in total. The van der Waals surface area contributed by atoms with Crippen LogP contribution in [0.5, 0.6) is 5.75 Å². The Balaban J connectivity index is 1.70. The van der Waals surface area contributed by atoms with Gasteiger partial charge in [-0.05, 0) is 66.3 Å². The molecule has 1 aromatic heterocycles. The molecule has 3 aromatic rings. The number of aromatic nitrogens is 2. The molecule has 0 atom stereocenters. The first-order chi connectivity index (χ1) is 12.8. The molecule has 1 aliphatic rings. The fourth-order valence-electron chi connectivity index (χ4n) is 3.39. The summed E-state index contributed by atoms with van der Waals surface area (Å²) in [4.78, 5) is 0. The summed E-state index contributed by atoms with van der Waals surface area (Å²) in [5.41, 5.74) is 5.64. The Labute approximate surface area is 158 Å². The second-order valence-corrected chi connectivity index (χ2v) is 6.77. The summed E-state index contributed by atoms with van der Waals surface area (Å²) in [6.07, 6.45) is 4.80. The van der Waals surface area contributed by atoms with E-state index in [-0.39, 0.29) is 0 Å². The van der Waals surface area contributed by atoms with Gasteiger partial charge >= 0.3 is 0 Å². The molecule has 0 aliphatic heterocycles. The summed E-state index contributed by atoms with van der Waals surface area (Å²) in [5, 5.41) is 9.05. The Kier molecular flexibility index (Phi) is 4.98. The average Bonchev–Trinajstić information content (AvgIpc) is 3.18. The molecule has 130 valence electrons. The molecule has 26 heavy (non-hydrogen) atoms. The highest BCUT2D eigenvalue weighted by molar-refractivity contribution is 6.30. The second-order valence-electron chi connectivity index (χ2n) is 6.33. The Morgan fingerprint density at radius 2 is 1.77 bits per heavy atom. The van der Waals surface area contributed by atoms with Crippen molar-refractivity contribution in [3.63, 3.8) is 0 Å². The van der Waals surface area contributed by atoms with Crippen molar-refractivity contribution in [1.82, 2.24) is 10.2 Å². The third kappa shape index (κ3) is 3.63. The van der Waals surface area contributed by atoms with Crippen LogP contribution in [0.4, 0.5) is 0 Å². The molecule has 4 heteroatoms. The first kappa shape index (κ1) is 16.8. The van der Waals surface area contributed by atoms with Gasteiger partial charge in [0.1, 0.15) is 12.4 Å². The molecule has 1 heterocycles. The number of halogens is 1. The fraction of sp³-hybridized carbons (Fsp3) is 0.182. The van der Waals surface area contributed by atoms with Gasteiger partial charge < -0.3 is 4.74 Å². The highest BCUT2D eigenvalue weighted by Crippen LogP contribution is 2.43. The standard InChI is InChI=1S/C22H19ClN2O/c23-17-11-12-22(26-15-16-6-2-1-3-7-16)20(14-17)18-8-4-9-19(18)21-10-5-13-24-25-21/h1-3,5-7,10-14H,4,8-9,15H2. The van der Waals surface area contributed by atoms with Gasteiger partial charge in [-0.15, -0.1) is 0 Å². The molecule has 4 rings (SSSR count). The molecular weight excluding hydrogens is 344 g/mol. The summed E-state index contributed by atoms with van der Waals surface area (Å²) in [6, 6.07) is 20.0. The summed E-state index contributed by atoms with van der Waals surface area (Å²) >= 11 is 6.30. The highest BCUT2D eigenvalue weighted by Gasteiger charge is 2.21. The van der Waals surface area contributed by atoms with Gasteiger partial charge in [0, 0.05) is 16.8 Å². The van der Waals surface area contributed by atoms with Crippen LogP contribution in [-0.4, -0.2) is 10.2 Å². The van der Waals surface area contributed by atoms with Crippen molar-refractivity contribution in [2.24, 2.45) is 0 Å². The Hall–Kier alpha value is -2.65. The van der Waals surface area contributed by atoms with Crippen LogP contribution in [0, 0.1) is 0 Å². The Bertz CT molecular complexity index is 923. The number of hydrogen-bond donors (Lipinski definition) is 0. The van der Waals surface area contributed by atoms with E-state index in [9.17, 15) is 0 Å². The lowest BCUT2D eigenvalue weighted by Crippen LogP contribution is -1.99. The molecule has 1 aliphatic carbocycles. The van der Waals surface area contributed by atoms with Crippen LogP contribution in [0.2, 0.25) is 5.02 Å². The summed E-state index contributed by atoms with van der Waals surface area (Å²) in [6.45, 7) is 0.531. The van der Waals surface area contributed by atoms with E-state index in [0.29, 0.717) is 11.6 Å². The molecule has 3 nitrogen and oxygen atoms in total. The number of ether oxygens (including phenoxy) is 1. The van der Waals surface area contributed by atoms with Crippen LogP contribution < -0.4 is 4.74 Å². The van der Waals surface area contributed by atoms with Crippen molar-refractivity contribution < 1.29 is 4.74 Å². The number of benzene rings is 2. The van der Waals surface area contributed by atoms with Crippen LogP contribution in [0.3, 0.4) is 0 Å². The third-order valence-corrected chi connectivity index (χ3v) is 4.84. The van der Waals surface area contributed by atoms with E-state index in [0.717, 1.165) is 41.8 Å². The first-order valence-electron chi connectivity index (χ1n) is 8.78. The number of rotatable bonds is 5. The van der Waals surface area contributed by atoms with Crippen molar-refractivity contribution in [2.45, 2.75) is 25.9 Å². The quantitative estimate of drug-likeness (QED) is 0.575. The van der Waals surface area contributed by atoms with E-state index in [2.05, 4.69) is 22.3 Å². The van der Waals surface area contributed by atoms with Crippen molar-refractivity contribution in [3.05, 3.63) is 88.7 Å². The summed E-state index contributed by atoms with van der Waals surface area (Å²) < 4.78 is 6.15. The molecule has 0 unspecified atom stereocenters. The fourth-order valence-corrected chi connectivity index (χ4v) is 3.56. The van der Waals surface area contributed by atoms with E-state index in [1.807, 2.05) is 48.5 Å². The Morgan fingerprint density at radius 3 is 2.58 bits per heavy atom. The lowest BCUT2D eigenvalue weighted by atomic mass is 9.99. The highest BCUT2D eigenvalue weighted by atomic mass is 35.5. The van der Waals surface area contributed by atoms with E-state index in [4.69, 9.17) is 16.3 Å². The maximum Gasteiger partial charge on any atom is 0.127 e. The normalized spacial score (nSPS) is 13.9. The predicted molar refractivity (Wildman–Crippen MR) is 105 cm³/mol. The molecule has 0 amide bonds. The van der Waals surface area contributed by atoms with Crippen LogP contribution in [0.25, 0.3) is 11.1 Å². The number of allylic oxidation sites excluding steroid dienone is 2. The minimum atomic E-state index is 0.531. The SMILES string of the molecule is Clc1ccc(OCc2ccccc2)c(C2=C(c3cccnn3)CCC2)c1. The summed E-state index contributed by atoms with van der Waals surface area (Å²) in [5.74, 6) is 0.858. The molecule has 2 aromatic carbocycles. The van der Waals surface area contributed by atoms with Crippen molar-refractivity contribution >= 4 is 22.7 Å². The molecule has 0 radical (unpaired) electrons. The molecule has 0 bridgehead atoms. The van der Waals surface area contributed by atoms with Gasteiger partial charge in [0.15, 0.2) is 0 Å². The van der Waals surface area contributed by atoms with Crippen LogP contribution in [0.1, 0.15) is 36.1 Å². The van der Waals surface area contributed by atoms with Crippen molar-refractivity contribution in [3.8, 4) is 5.75 Å². The van der Waals surface area contributed by atoms with E-state index < -0.39 is 0 Å². The molecule has 0 saturated carbocycles. The molecule has 0 fully saturated rings. The van der Waals surface area contributed by atoms with E-state index >= 15 is 0 Å². The maximum atomic E-state index is 6.30. The zero-order valence-electron chi connectivity index (χ0n) is 14.4. The van der Waals surface area contributed by atoms with E-state index in [1.165, 1.54) is 11.1 Å². The van der Waals surface area contributed by atoms with Gasteiger partial charge in [0.2, 0.25) is 0 Å². The van der Waals surface area contributed by atoms with Crippen molar-refractivity contribution in [2.75, 3.05) is 0 Å². The van der Waals surface area contributed by atoms with Gasteiger partial charge in [-0.2, -0.15) is 10.2 Å². The van der Waals surface area contributed by atoms with Crippen LogP contribution in [0.15, 0.2) is 66.9 Å². The topological polar surface area (TPSA) is 35.0 Å². The molecular formula is C22H19ClN2O. The summed E-state index contributed by atoms with van der Waals surface area (Å²) in [7, 11) is 0. The van der Waals surface area contributed by atoms with Gasteiger partial charge in [0.25, 0.3) is 0 Å². The van der Waals surface area contributed by atoms with Gasteiger partial charge in [0.05, 0.1) is 5.69 Å². The smallest absolute Gasteiger partial charge is 0.127 e. The molecule has 0 spiro atoms. The predicted octanol–water partition coefficient (Wildman–Crippen LogP) is 5.80. The zero-order chi connectivity index (χ0) is 17.8.